The second kappa shape index (κ2) is 7.80. The Balaban J connectivity index is 1.83. The van der Waals surface area contributed by atoms with Gasteiger partial charge in [-0.3, -0.25) is 9.59 Å². The predicted molar refractivity (Wildman–Crippen MR) is 109 cm³/mol. The maximum absolute atomic E-state index is 13.3. The molecule has 0 radical (unpaired) electrons. The first kappa shape index (κ1) is 19.9. The summed E-state index contributed by atoms with van der Waals surface area (Å²) < 4.78 is 19.0. The fourth-order valence-corrected chi connectivity index (χ4v) is 3.62. The number of halogens is 2. The third-order valence-electron chi connectivity index (χ3n) is 4.95. The number of carbonyl (C=O) groups excluding carboxylic acids is 2. The van der Waals surface area contributed by atoms with Gasteiger partial charge in [0, 0.05) is 17.1 Å². The fraction of sp³-hybridized carbons (Fsp3) is 0.130. The Bertz CT molecular complexity index is 1150. The molecule has 1 amide bonds. The van der Waals surface area contributed by atoms with Crippen LogP contribution in [0.15, 0.2) is 70.7 Å². The number of carbonyl (C=O) groups is 2. The van der Waals surface area contributed by atoms with E-state index in [0.29, 0.717) is 27.7 Å². The zero-order chi connectivity index (χ0) is 21.4. The van der Waals surface area contributed by atoms with E-state index in [0.717, 1.165) is 0 Å². The summed E-state index contributed by atoms with van der Waals surface area (Å²) in [5, 5.41) is 11.4. The van der Waals surface area contributed by atoms with E-state index in [2.05, 4.69) is 0 Å². The van der Waals surface area contributed by atoms with Crippen molar-refractivity contribution in [3.05, 3.63) is 99.7 Å². The van der Waals surface area contributed by atoms with E-state index in [1.165, 1.54) is 29.2 Å². The Hall–Kier alpha value is -3.38. The summed E-state index contributed by atoms with van der Waals surface area (Å²) in [6.45, 7) is 1.79. The van der Waals surface area contributed by atoms with Gasteiger partial charge in [0.1, 0.15) is 29.1 Å². The van der Waals surface area contributed by atoms with Gasteiger partial charge in [-0.25, -0.2) is 4.39 Å². The van der Waals surface area contributed by atoms with Crippen LogP contribution >= 0.6 is 11.6 Å². The molecule has 1 aromatic heterocycles. The zero-order valence-electron chi connectivity index (χ0n) is 15.9. The lowest BCUT2D eigenvalue weighted by Crippen LogP contribution is -2.29. The van der Waals surface area contributed by atoms with Crippen LogP contribution in [0.5, 0.6) is 0 Å². The molecule has 2 aromatic carbocycles. The average molecular weight is 426 g/mol. The molecular formula is C23H17ClFNO4. The summed E-state index contributed by atoms with van der Waals surface area (Å²) in [7, 11) is 0. The van der Waals surface area contributed by atoms with E-state index in [9.17, 15) is 19.1 Å². The molecule has 1 aliphatic rings. The minimum Gasteiger partial charge on any atom is -0.507 e. The Morgan fingerprint density at radius 2 is 1.73 bits per heavy atom. The topological polar surface area (TPSA) is 70.8 Å². The lowest BCUT2D eigenvalue weighted by Gasteiger charge is -2.23. The molecule has 4 rings (SSSR count). The van der Waals surface area contributed by atoms with Gasteiger partial charge >= 0.3 is 0 Å². The van der Waals surface area contributed by atoms with Gasteiger partial charge in [-0.2, -0.15) is 0 Å². The fourth-order valence-electron chi connectivity index (χ4n) is 3.49. The number of rotatable bonds is 4. The van der Waals surface area contributed by atoms with Crippen LogP contribution < -0.4 is 0 Å². The highest BCUT2D eigenvalue weighted by Gasteiger charge is 2.47. The smallest absolute Gasteiger partial charge is 0.296 e. The normalized spacial score (nSPS) is 18.2. The monoisotopic (exact) mass is 425 g/mol. The molecule has 2 heterocycles. The first-order valence-electron chi connectivity index (χ1n) is 9.20. The highest BCUT2D eigenvalue weighted by atomic mass is 35.5. The molecule has 7 heteroatoms. The molecule has 1 N–H and O–H groups in total. The van der Waals surface area contributed by atoms with Crippen molar-refractivity contribution in [2.45, 2.75) is 19.5 Å². The van der Waals surface area contributed by atoms with Gasteiger partial charge in [-0.05, 0) is 61.0 Å². The summed E-state index contributed by atoms with van der Waals surface area (Å²) in [6.07, 6.45) is 0. The quantitative estimate of drug-likeness (QED) is 0.362. The number of likely N-dealkylation sites (tertiary alicyclic amines) is 1. The third-order valence-corrected chi connectivity index (χ3v) is 5.21. The highest BCUT2D eigenvalue weighted by molar-refractivity contribution is 6.46. The van der Waals surface area contributed by atoms with Crippen LogP contribution in [-0.4, -0.2) is 21.7 Å². The first-order valence-corrected chi connectivity index (χ1v) is 9.58. The van der Waals surface area contributed by atoms with Crippen molar-refractivity contribution >= 4 is 29.1 Å². The van der Waals surface area contributed by atoms with Crippen molar-refractivity contribution in [1.29, 1.82) is 0 Å². The van der Waals surface area contributed by atoms with Crippen molar-refractivity contribution in [2.75, 3.05) is 0 Å². The molecule has 152 valence electrons. The van der Waals surface area contributed by atoms with Gasteiger partial charge < -0.3 is 14.4 Å². The lowest BCUT2D eigenvalue weighted by molar-refractivity contribution is -0.140. The summed E-state index contributed by atoms with van der Waals surface area (Å²) in [4.78, 5) is 27.1. The van der Waals surface area contributed by atoms with E-state index in [1.807, 2.05) is 0 Å². The minimum absolute atomic E-state index is 0.0483. The van der Waals surface area contributed by atoms with Crippen molar-refractivity contribution in [1.82, 2.24) is 4.90 Å². The molecule has 1 fully saturated rings. The largest absolute Gasteiger partial charge is 0.507 e. The van der Waals surface area contributed by atoms with Crippen LogP contribution in [0.4, 0.5) is 4.39 Å². The predicted octanol–water partition coefficient (Wildman–Crippen LogP) is 5.00. The number of aryl methyl sites for hydroxylation is 1. The molecule has 1 atom stereocenters. The minimum atomic E-state index is -0.917. The summed E-state index contributed by atoms with van der Waals surface area (Å²) >= 11 is 5.91. The number of nitrogens with zero attached hydrogens (tertiary/aromatic N) is 1. The molecular weight excluding hydrogens is 409 g/mol. The number of hydrogen-bond donors (Lipinski definition) is 1. The number of aliphatic hydroxyl groups excluding tert-OH is 1. The average Bonchev–Trinajstić information content (AvgIpc) is 3.26. The van der Waals surface area contributed by atoms with E-state index in [1.54, 1.807) is 43.3 Å². The molecule has 3 aromatic rings. The summed E-state index contributed by atoms with van der Waals surface area (Å²) in [5.74, 6) is -1.35. The van der Waals surface area contributed by atoms with Crippen molar-refractivity contribution in [3.8, 4) is 0 Å². The van der Waals surface area contributed by atoms with E-state index >= 15 is 0 Å². The van der Waals surface area contributed by atoms with Crippen LogP contribution in [-0.2, 0) is 16.1 Å². The Morgan fingerprint density at radius 3 is 2.33 bits per heavy atom. The number of furan rings is 1. The number of Topliss-reactive ketones (excluding diaryl/α,β-unsaturated/α-hetero) is 1. The number of amides is 1. The molecule has 1 saturated heterocycles. The molecule has 5 nitrogen and oxygen atoms in total. The Kier molecular flexibility index (Phi) is 5.18. The lowest BCUT2D eigenvalue weighted by atomic mass is 9.99. The van der Waals surface area contributed by atoms with E-state index in [-0.39, 0.29) is 17.9 Å². The van der Waals surface area contributed by atoms with Crippen molar-refractivity contribution in [3.63, 3.8) is 0 Å². The molecule has 1 unspecified atom stereocenters. The number of benzene rings is 2. The van der Waals surface area contributed by atoms with Crippen LogP contribution in [0, 0.1) is 12.7 Å². The van der Waals surface area contributed by atoms with Gasteiger partial charge in [0.2, 0.25) is 0 Å². The van der Waals surface area contributed by atoms with Crippen LogP contribution in [0.2, 0.25) is 5.02 Å². The second-order valence-electron chi connectivity index (χ2n) is 7.01. The Labute approximate surface area is 177 Å². The number of ketones is 1. The molecule has 30 heavy (non-hydrogen) atoms. The Morgan fingerprint density at radius 1 is 1.07 bits per heavy atom. The third kappa shape index (κ3) is 3.62. The van der Waals surface area contributed by atoms with Gasteiger partial charge in [0.25, 0.3) is 11.7 Å². The van der Waals surface area contributed by atoms with Crippen LogP contribution in [0.1, 0.15) is 28.7 Å². The first-order chi connectivity index (χ1) is 14.3. The van der Waals surface area contributed by atoms with Crippen molar-refractivity contribution < 1.29 is 23.5 Å². The molecule has 0 aliphatic carbocycles. The number of aliphatic hydroxyl groups is 1. The molecule has 1 aliphatic heterocycles. The summed E-state index contributed by atoms with van der Waals surface area (Å²) in [5.41, 5.74) is 0.921. The van der Waals surface area contributed by atoms with Gasteiger partial charge in [-0.1, -0.05) is 23.7 Å². The highest BCUT2D eigenvalue weighted by Crippen LogP contribution is 2.40. The maximum atomic E-state index is 13.3. The van der Waals surface area contributed by atoms with Gasteiger partial charge in [-0.15, -0.1) is 0 Å². The van der Waals surface area contributed by atoms with E-state index in [4.69, 9.17) is 16.0 Å². The van der Waals surface area contributed by atoms with Crippen LogP contribution in [0.3, 0.4) is 0 Å². The number of hydrogen-bond acceptors (Lipinski definition) is 4. The van der Waals surface area contributed by atoms with Gasteiger partial charge in [0.15, 0.2) is 0 Å². The zero-order valence-corrected chi connectivity index (χ0v) is 16.7. The maximum Gasteiger partial charge on any atom is 0.296 e. The molecule has 0 bridgehead atoms. The second-order valence-corrected chi connectivity index (χ2v) is 7.45. The summed E-state index contributed by atoms with van der Waals surface area (Å²) in [6, 6.07) is 14.4. The SMILES string of the molecule is Cc1ccc(C2/C(=C(/O)c3ccc(Cl)cc3)C(=O)C(=O)N2Cc2ccc(F)cc2)o1. The van der Waals surface area contributed by atoms with E-state index < -0.39 is 23.5 Å². The van der Waals surface area contributed by atoms with Gasteiger partial charge in [0.05, 0.1) is 5.57 Å². The standard InChI is InChI=1S/C23H17ClFNO4/c1-13-2-11-18(30-13)20-19(21(27)15-5-7-16(24)8-6-15)22(28)23(29)26(20)12-14-3-9-17(25)10-4-14/h2-11,20,27H,12H2,1H3/b21-19-. The molecule has 0 saturated carbocycles. The van der Waals surface area contributed by atoms with Crippen LogP contribution in [0.25, 0.3) is 5.76 Å². The van der Waals surface area contributed by atoms with Crippen molar-refractivity contribution in [2.24, 2.45) is 0 Å². The molecule has 0 spiro atoms.